The molecule has 0 aromatic heterocycles. The predicted octanol–water partition coefficient (Wildman–Crippen LogP) is 3.73. The van der Waals surface area contributed by atoms with E-state index in [9.17, 15) is 4.79 Å². The molecule has 1 fully saturated rings. The van der Waals surface area contributed by atoms with Crippen molar-refractivity contribution in [3.63, 3.8) is 0 Å². The minimum absolute atomic E-state index is 0.373. The molecule has 0 unspecified atom stereocenters. The van der Waals surface area contributed by atoms with Gasteiger partial charge in [-0.05, 0) is 19.3 Å². The van der Waals surface area contributed by atoms with Crippen LogP contribution < -0.4 is 0 Å². The Hall–Kier alpha value is -0.0500. The quantitative estimate of drug-likeness (QED) is 0.468. The lowest BCUT2D eigenvalue weighted by atomic mass is 10.1. The van der Waals surface area contributed by atoms with Gasteiger partial charge in [0.15, 0.2) is 0 Å². The van der Waals surface area contributed by atoms with Crippen molar-refractivity contribution in [3.05, 3.63) is 0 Å². The number of rotatable bonds is 9. The average Bonchev–Trinajstić information content (AvgIpc) is 2.68. The van der Waals surface area contributed by atoms with Gasteiger partial charge in [-0.25, -0.2) is 0 Å². The Balaban J connectivity index is 1.83. The molecular weight excluding hydrogens is 266 g/mol. The molecular formula is C13H24BrNO. The predicted molar refractivity (Wildman–Crippen MR) is 71.9 cm³/mol. The Morgan fingerprint density at radius 2 is 1.62 bits per heavy atom. The number of unbranched alkanes of at least 4 members (excludes halogenated alkanes) is 6. The smallest absolute Gasteiger partial charge is 0.222 e. The molecule has 0 spiro atoms. The van der Waals surface area contributed by atoms with Crippen LogP contribution in [0.4, 0.5) is 0 Å². The molecule has 1 saturated heterocycles. The van der Waals surface area contributed by atoms with Crippen molar-refractivity contribution in [1.29, 1.82) is 0 Å². The zero-order valence-electron chi connectivity index (χ0n) is 10.2. The summed E-state index contributed by atoms with van der Waals surface area (Å²) >= 11 is 3.45. The summed E-state index contributed by atoms with van der Waals surface area (Å²) < 4.78 is 0. The fourth-order valence-electron chi connectivity index (χ4n) is 2.22. The molecule has 0 radical (unpaired) electrons. The van der Waals surface area contributed by atoms with E-state index in [-0.39, 0.29) is 0 Å². The van der Waals surface area contributed by atoms with Crippen LogP contribution >= 0.6 is 15.9 Å². The standard InChI is InChI=1S/C13H24BrNO/c14-10-6-4-2-1-3-5-7-11-15-12-8-9-13(15)16/h1-12H2. The number of carbonyl (C=O) groups is 1. The molecule has 1 amide bonds. The summed E-state index contributed by atoms with van der Waals surface area (Å²) in [6, 6.07) is 0. The normalized spacial score (nSPS) is 16.1. The molecule has 0 bridgehead atoms. The molecule has 94 valence electrons. The number of alkyl halides is 1. The van der Waals surface area contributed by atoms with Gasteiger partial charge in [0, 0.05) is 24.8 Å². The maximum Gasteiger partial charge on any atom is 0.222 e. The largest absolute Gasteiger partial charge is 0.343 e. The SMILES string of the molecule is O=C1CCCN1CCCCCCCCCBr. The molecule has 1 heterocycles. The topological polar surface area (TPSA) is 20.3 Å². The first-order valence-electron chi connectivity index (χ1n) is 6.68. The van der Waals surface area contributed by atoms with Gasteiger partial charge in [0.1, 0.15) is 0 Å². The molecule has 0 N–H and O–H groups in total. The number of nitrogens with zero attached hydrogens (tertiary/aromatic N) is 1. The molecule has 0 saturated carbocycles. The van der Waals surface area contributed by atoms with Crippen LogP contribution in [-0.4, -0.2) is 29.2 Å². The molecule has 0 atom stereocenters. The van der Waals surface area contributed by atoms with Crippen LogP contribution in [0.25, 0.3) is 0 Å². The van der Waals surface area contributed by atoms with Crippen molar-refractivity contribution in [1.82, 2.24) is 4.90 Å². The molecule has 2 nitrogen and oxygen atoms in total. The molecule has 0 aromatic rings. The lowest BCUT2D eigenvalue weighted by Crippen LogP contribution is -2.25. The van der Waals surface area contributed by atoms with Gasteiger partial charge in [-0.2, -0.15) is 0 Å². The number of halogens is 1. The first-order valence-corrected chi connectivity index (χ1v) is 7.80. The highest BCUT2D eigenvalue weighted by Gasteiger charge is 2.18. The molecule has 1 aliphatic heterocycles. The van der Waals surface area contributed by atoms with E-state index in [1.807, 2.05) is 4.90 Å². The van der Waals surface area contributed by atoms with Crippen molar-refractivity contribution >= 4 is 21.8 Å². The van der Waals surface area contributed by atoms with E-state index in [1.54, 1.807) is 0 Å². The number of hydrogen-bond donors (Lipinski definition) is 0. The minimum Gasteiger partial charge on any atom is -0.343 e. The summed E-state index contributed by atoms with van der Waals surface area (Å²) in [5.74, 6) is 0.373. The van der Waals surface area contributed by atoms with Crippen LogP contribution in [0.3, 0.4) is 0 Å². The van der Waals surface area contributed by atoms with Gasteiger partial charge in [-0.15, -0.1) is 0 Å². The third-order valence-electron chi connectivity index (χ3n) is 3.23. The summed E-state index contributed by atoms with van der Waals surface area (Å²) in [6.07, 6.45) is 11.1. The summed E-state index contributed by atoms with van der Waals surface area (Å²) in [5, 5.41) is 1.14. The number of amides is 1. The minimum atomic E-state index is 0.373. The molecule has 16 heavy (non-hydrogen) atoms. The van der Waals surface area contributed by atoms with Gasteiger partial charge in [-0.1, -0.05) is 48.0 Å². The van der Waals surface area contributed by atoms with Crippen LogP contribution in [0.5, 0.6) is 0 Å². The Kier molecular flexibility index (Phi) is 7.91. The van der Waals surface area contributed by atoms with E-state index in [4.69, 9.17) is 0 Å². The van der Waals surface area contributed by atoms with Crippen molar-refractivity contribution in [2.75, 3.05) is 18.4 Å². The monoisotopic (exact) mass is 289 g/mol. The van der Waals surface area contributed by atoms with Crippen LogP contribution in [-0.2, 0) is 4.79 Å². The van der Waals surface area contributed by atoms with Crippen LogP contribution in [0.1, 0.15) is 57.8 Å². The van der Waals surface area contributed by atoms with Crippen molar-refractivity contribution < 1.29 is 4.79 Å². The summed E-state index contributed by atoms with van der Waals surface area (Å²) in [6.45, 7) is 2.00. The third-order valence-corrected chi connectivity index (χ3v) is 3.79. The zero-order chi connectivity index (χ0) is 11.6. The third kappa shape index (κ3) is 5.88. The van der Waals surface area contributed by atoms with Gasteiger partial charge < -0.3 is 4.90 Å². The second-order valence-electron chi connectivity index (χ2n) is 4.65. The highest BCUT2D eigenvalue weighted by atomic mass is 79.9. The Morgan fingerprint density at radius 1 is 1.00 bits per heavy atom. The van der Waals surface area contributed by atoms with Crippen LogP contribution in [0.15, 0.2) is 0 Å². The zero-order valence-corrected chi connectivity index (χ0v) is 11.8. The van der Waals surface area contributed by atoms with E-state index in [1.165, 1.54) is 44.9 Å². The fourth-order valence-corrected chi connectivity index (χ4v) is 2.62. The molecule has 3 heteroatoms. The Labute approximate surface area is 108 Å². The highest BCUT2D eigenvalue weighted by Crippen LogP contribution is 2.12. The second-order valence-corrected chi connectivity index (χ2v) is 5.44. The highest BCUT2D eigenvalue weighted by molar-refractivity contribution is 9.09. The maximum atomic E-state index is 11.3. The Morgan fingerprint density at radius 3 is 2.19 bits per heavy atom. The van der Waals surface area contributed by atoms with Crippen LogP contribution in [0.2, 0.25) is 0 Å². The molecule has 0 aromatic carbocycles. The van der Waals surface area contributed by atoms with Gasteiger partial charge in [0.2, 0.25) is 5.91 Å². The summed E-state index contributed by atoms with van der Waals surface area (Å²) in [7, 11) is 0. The lowest BCUT2D eigenvalue weighted by Gasteiger charge is -2.14. The number of hydrogen-bond acceptors (Lipinski definition) is 1. The van der Waals surface area contributed by atoms with Gasteiger partial charge in [-0.3, -0.25) is 4.79 Å². The van der Waals surface area contributed by atoms with E-state index < -0.39 is 0 Å². The maximum absolute atomic E-state index is 11.3. The number of likely N-dealkylation sites (tertiary alicyclic amines) is 1. The van der Waals surface area contributed by atoms with Gasteiger partial charge in [0.25, 0.3) is 0 Å². The second kappa shape index (κ2) is 9.03. The molecule has 0 aliphatic carbocycles. The number of carbonyl (C=O) groups excluding carboxylic acids is 1. The molecule has 1 aliphatic rings. The van der Waals surface area contributed by atoms with Crippen molar-refractivity contribution in [3.8, 4) is 0 Å². The summed E-state index contributed by atoms with van der Waals surface area (Å²) in [4.78, 5) is 13.4. The van der Waals surface area contributed by atoms with Gasteiger partial charge in [0.05, 0.1) is 0 Å². The van der Waals surface area contributed by atoms with Crippen LogP contribution in [0, 0.1) is 0 Å². The van der Waals surface area contributed by atoms with E-state index in [0.29, 0.717) is 5.91 Å². The average molecular weight is 290 g/mol. The first-order chi connectivity index (χ1) is 7.84. The Bertz CT molecular complexity index is 196. The van der Waals surface area contributed by atoms with E-state index in [0.717, 1.165) is 31.3 Å². The van der Waals surface area contributed by atoms with E-state index >= 15 is 0 Å². The first kappa shape index (κ1) is 14.0. The summed E-state index contributed by atoms with van der Waals surface area (Å²) in [5.41, 5.74) is 0. The van der Waals surface area contributed by atoms with E-state index in [2.05, 4.69) is 15.9 Å². The fraction of sp³-hybridized carbons (Fsp3) is 0.923. The molecule has 1 rings (SSSR count). The van der Waals surface area contributed by atoms with Gasteiger partial charge >= 0.3 is 0 Å². The van der Waals surface area contributed by atoms with Crippen molar-refractivity contribution in [2.24, 2.45) is 0 Å². The lowest BCUT2D eigenvalue weighted by molar-refractivity contribution is -0.127. The van der Waals surface area contributed by atoms with Crippen molar-refractivity contribution in [2.45, 2.75) is 57.8 Å².